The monoisotopic (exact) mass is 560 g/mol. The largest absolute Gasteiger partial charge is 0.254 e. The van der Waals surface area contributed by atoms with Crippen molar-refractivity contribution in [3.05, 3.63) is 146 Å². The lowest BCUT2D eigenvalue weighted by molar-refractivity contribution is 1.19. The molecular formula is C40H24N4. The zero-order valence-electron chi connectivity index (χ0n) is 23.6. The van der Waals surface area contributed by atoms with E-state index in [-0.39, 0.29) is 0 Å². The minimum Gasteiger partial charge on any atom is -0.254 e. The Hall–Kier alpha value is -6.00. The zero-order chi connectivity index (χ0) is 29.0. The fraction of sp³-hybridized carbons (Fsp3) is 0. The number of pyridine rings is 2. The van der Waals surface area contributed by atoms with Crippen LogP contribution in [0, 0.1) is 0 Å². The molecule has 0 spiro atoms. The molecule has 6 aromatic carbocycles. The summed E-state index contributed by atoms with van der Waals surface area (Å²) < 4.78 is 0. The third kappa shape index (κ3) is 4.00. The van der Waals surface area contributed by atoms with E-state index in [2.05, 4.69) is 126 Å². The highest BCUT2D eigenvalue weighted by molar-refractivity contribution is 6.09. The highest BCUT2D eigenvalue weighted by Gasteiger charge is 2.15. The molecule has 4 nitrogen and oxygen atoms in total. The maximum absolute atomic E-state index is 5.20. The molecule has 9 rings (SSSR count). The molecule has 0 aliphatic heterocycles. The van der Waals surface area contributed by atoms with Crippen molar-refractivity contribution in [1.29, 1.82) is 0 Å². The molecule has 44 heavy (non-hydrogen) atoms. The van der Waals surface area contributed by atoms with Crippen LogP contribution in [0.3, 0.4) is 0 Å². The van der Waals surface area contributed by atoms with Crippen LogP contribution >= 0.6 is 0 Å². The van der Waals surface area contributed by atoms with Crippen LogP contribution in [0.2, 0.25) is 0 Å². The molecule has 4 heteroatoms. The van der Waals surface area contributed by atoms with E-state index in [4.69, 9.17) is 15.0 Å². The van der Waals surface area contributed by atoms with E-state index in [0.29, 0.717) is 5.82 Å². The van der Waals surface area contributed by atoms with Gasteiger partial charge in [0.2, 0.25) is 0 Å². The normalized spacial score (nSPS) is 11.6. The lowest BCUT2D eigenvalue weighted by Crippen LogP contribution is -1.97. The number of benzene rings is 6. The van der Waals surface area contributed by atoms with Gasteiger partial charge >= 0.3 is 0 Å². The van der Waals surface area contributed by atoms with Gasteiger partial charge in [-0.3, -0.25) is 9.97 Å². The summed E-state index contributed by atoms with van der Waals surface area (Å²) in [6.45, 7) is 0. The molecule has 3 aromatic heterocycles. The van der Waals surface area contributed by atoms with Gasteiger partial charge in [-0.15, -0.1) is 0 Å². The molecule has 3 heterocycles. The Balaban J connectivity index is 1.29. The summed E-state index contributed by atoms with van der Waals surface area (Å²) >= 11 is 0. The van der Waals surface area contributed by atoms with Crippen molar-refractivity contribution in [2.75, 3.05) is 0 Å². The summed E-state index contributed by atoms with van der Waals surface area (Å²) in [4.78, 5) is 19.8. The van der Waals surface area contributed by atoms with E-state index in [0.717, 1.165) is 49.9 Å². The Morgan fingerprint density at radius 3 is 1.86 bits per heavy atom. The van der Waals surface area contributed by atoms with Gasteiger partial charge in [0.15, 0.2) is 5.82 Å². The highest BCUT2D eigenvalue weighted by Crippen LogP contribution is 2.35. The van der Waals surface area contributed by atoms with E-state index < -0.39 is 0 Å². The molecule has 9 aromatic rings. The fourth-order valence-electron chi connectivity index (χ4n) is 6.33. The standard InChI is InChI=1S/C40H24N4/c1-2-8-28-22-30(14-11-25(28)6-1)36-24-37(31-16-17-33-29(23-31)13-12-26-7-3-4-10-32(26)33)44-40(43-36)35-19-21-42-39-34(35)18-15-27-9-5-20-41-38(27)39/h1-24H. The van der Waals surface area contributed by atoms with Crippen LogP contribution < -0.4 is 0 Å². The molecular weight excluding hydrogens is 536 g/mol. The summed E-state index contributed by atoms with van der Waals surface area (Å²) in [6, 6.07) is 46.8. The molecule has 0 radical (unpaired) electrons. The summed E-state index contributed by atoms with van der Waals surface area (Å²) in [5.74, 6) is 0.659. The Labute approximate surface area is 253 Å². The van der Waals surface area contributed by atoms with Crippen LogP contribution in [-0.2, 0) is 0 Å². The molecule has 0 unspecified atom stereocenters. The lowest BCUT2D eigenvalue weighted by atomic mass is 9.98. The quantitative estimate of drug-likeness (QED) is 0.202. The van der Waals surface area contributed by atoms with Crippen molar-refractivity contribution in [1.82, 2.24) is 19.9 Å². The second-order valence-electron chi connectivity index (χ2n) is 11.1. The maximum atomic E-state index is 5.20. The number of nitrogens with zero attached hydrogens (tertiary/aromatic N) is 4. The van der Waals surface area contributed by atoms with Crippen LogP contribution in [0.15, 0.2) is 146 Å². The van der Waals surface area contributed by atoms with E-state index in [9.17, 15) is 0 Å². The predicted octanol–water partition coefficient (Wildman–Crippen LogP) is 10.0. The third-order valence-electron chi connectivity index (χ3n) is 8.54. The molecule has 0 bridgehead atoms. The molecule has 0 amide bonds. The van der Waals surface area contributed by atoms with Crippen molar-refractivity contribution in [3.8, 4) is 33.9 Å². The second kappa shape index (κ2) is 9.79. The molecule has 204 valence electrons. The number of fused-ring (bicyclic) bond motifs is 7. The van der Waals surface area contributed by atoms with E-state index >= 15 is 0 Å². The van der Waals surface area contributed by atoms with Crippen molar-refractivity contribution >= 4 is 54.1 Å². The van der Waals surface area contributed by atoms with Gasteiger partial charge in [-0.05, 0) is 62.6 Å². The van der Waals surface area contributed by atoms with Crippen LogP contribution in [0.1, 0.15) is 0 Å². The molecule has 0 saturated heterocycles. The first-order chi connectivity index (χ1) is 21.8. The van der Waals surface area contributed by atoms with Gasteiger partial charge in [0.1, 0.15) is 0 Å². The van der Waals surface area contributed by atoms with Gasteiger partial charge in [0.05, 0.1) is 22.4 Å². The van der Waals surface area contributed by atoms with E-state index in [1.807, 2.05) is 24.5 Å². The topological polar surface area (TPSA) is 51.6 Å². The number of hydrogen-bond acceptors (Lipinski definition) is 4. The number of aromatic nitrogens is 4. The van der Waals surface area contributed by atoms with Crippen molar-refractivity contribution in [3.63, 3.8) is 0 Å². The first-order valence-electron chi connectivity index (χ1n) is 14.7. The predicted molar refractivity (Wildman–Crippen MR) is 181 cm³/mol. The van der Waals surface area contributed by atoms with Crippen molar-refractivity contribution < 1.29 is 0 Å². The zero-order valence-corrected chi connectivity index (χ0v) is 23.6. The van der Waals surface area contributed by atoms with Crippen molar-refractivity contribution in [2.45, 2.75) is 0 Å². The van der Waals surface area contributed by atoms with Gasteiger partial charge in [-0.25, -0.2) is 9.97 Å². The highest BCUT2D eigenvalue weighted by atomic mass is 14.9. The minimum absolute atomic E-state index is 0.659. The fourth-order valence-corrected chi connectivity index (χ4v) is 6.33. The minimum atomic E-state index is 0.659. The second-order valence-corrected chi connectivity index (χ2v) is 11.1. The van der Waals surface area contributed by atoms with Gasteiger partial charge in [0, 0.05) is 39.9 Å². The Morgan fingerprint density at radius 1 is 0.364 bits per heavy atom. The summed E-state index contributed by atoms with van der Waals surface area (Å²) in [5, 5.41) is 9.31. The average Bonchev–Trinajstić information content (AvgIpc) is 3.10. The first kappa shape index (κ1) is 24.6. The maximum Gasteiger partial charge on any atom is 0.161 e. The van der Waals surface area contributed by atoms with E-state index in [1.165, 1.54) is 32.3 Å². The Kier molecular flexibility index (Phi) is 5.47. The van der Waals surface area contributed by atoms with Gasteiger partial charge in [-0.2, -0.15) is 0 Å². The molecule has 0 N–H and O–H groups in total. The van der Waals surface area contributed by atoms with Crippen LogP contribution in [-0.4, -0.2) is 19.9 Å². The van der Waals surface area contributed by atoms with Gasteiger partial charge < -0.3 is 0 Å². The van der Waals surface area contributed by atoms with Crippen LogP contribution in [0.5, 0.6) is 0 Å². The summed E-state index contributed by atoms with van der Waals surface area (Å²) in [7, 11) is 0. The van der Waals surface area contributed by atoms with E-state index in [1.54, 1.807) is 0 Å². The van der Waals surface area contributed by atoms with Gasteiger partial charge in [0.25, 0.3) is 0 Å². The van der Waals surface area contributed by atoms with Crippen LogP contribution in [0.4, 0.5) is 0 Å². The van der Waals surface area contributed by atoms with Gasteiger partial charge in [-0.1, -0.05) is 103 Å². The molecule has 0 saturated carbocycles. The smallest absolute Gasteiger partial charge is 0.161 e. The molecule has 0 fully saturated rings. The molecule has 0 atom stereocenters. The Morgan fingerprint density at radius 2 is 0.977 bits per heavy atom. The third-order valence-corrected chi connectivity index (χ3v) is 8.54. The molecule has 0 aliphatic carbocycles. The summed E-state index contributed by atoms with van der Waals surface area (Å²) in [5.41, 5.74) is 6.49. The summed E-state index contributed by atoms with van der Waals surface area (Å²) in [6.07, 6.45) is 3.65. The number of hydrogen-bond donors (Lipinski definition) is 0. The lowest BCUT2D eigenvalue weighted by Gasteiger charge is -2.13. The SMILES string of the molecule is c1ccc2cc(-c3cc(-c4ccc5c(ccc6ccccc65)c4)nc(-c4ccnc5c4ccc4cccnc45)n3)ccc2c1. The Bertz CT molecular complexity index is 2570. The average molecular weight is 561 g/mol. The molecule has 0 aliphatic rings. The van der Waals surface area contributed by atoms with Crippen LogP contribution in [0.25, 0.3) is 88.0 Å². The first-order valence-corrected chi connectivity index (χ1v) is 14.7. The van der Waals surface area contributed by atoms with Crippen molar-refractivity contribution in [2.24, 2.45) is 0 Å². The number of rotatable bonds is 3.